The van der Waals surface area contributed by atoms with Crippen molar-refractivity contribution >= 4 is 11.9 Å². The van der Waals surface area contributed by atoms with Crippen molar-refractivity contribution in [3.63, 3.8) is 0 Å². The van der Waals surface area contributed by atoms with Crippen molar-refractivity contribution in [1.82, 2.24) is 5.32 Å². The van der Waals surface area contributed by atoms with E-state index in [9.17, 15) is 24.2 Å². The Bertz CT molecular complexity index is 491. The highest BCUT2D eigenvalue weighted by Gasteiger charge is 2.24. The standard InChI is InChI=1S/C12H14FNO5/c1-6(15)14-5-10(16)11(17)9-4-7(13)2-3-8(9)12(18)19/h2-4,10-11,16-17H,5H2,1H3,(H,14,15)(H,18,19). The molecule has 0 fully saturated rings. The number of carboxylic acid groups (broad SMARTS) is 1. The Labute approximate surface area is 108 Å². The maximum Gasteiger partial charge on any atom is 0.336 e. The first-order chi connectivity index (χ1) is 8.82. The molecule has 0 saturated carbocycles. The summed E-state index contributed by atoms with van der Waals surface area (Å²) in [4.78, 5) is 21.6. The molecule has 6 nitrogen and oxygen atoms in total. The number of aromatic carboxylic acids is 1. The van der Waals surface area contributed by atoms with Gasteiger partial charge in [-0.05, 0) is 18.2 Å². The van der Waals surface area contributed by atoms with Crippen LogP contribution in [0.4, 0.5) is 4.39 Å². The van der Waals surface area contributed by atoms with Gasteiger partial charge in [-0.25, -0.2) is 9.18 Å². The summed E-state index contributed by atoms with van der Waals surface area (Å²) in [6, 6.07) is 2.78. The molecule has 0 aliphatic heterocycles. The van der Waals surface area contributed by atoms with Crippen LogP contribution in [0.15, 0.2) is 18.2 Å². The van der Waals surface area contributed by atoms with Gasteiger partial charge in [0.05, 0.1) is 5.56 Å². The van der Waals surface area contributed by atoms with Crippen LogP contribution in [0.5, 0.6) is 0 Å². The molecule has 0 bridgehead atoms. The molecule has 0 aliphatic carbocycles. The summed E-state index contributed by atoms with van der Waals surface area (Å²) in [6.07, 6.45) is -3.06. The summed E-state index contributed by atoms with van der Waals surface area (Å²) in [6.45, 7) is 0.954. The highest BCUT2D eigenvalue weighted by molar-refractivity contribution is 5.89. The monoisotopic (exact) mass is 271 g/mol. The smallest absolute Gasteiger partial charge is 0.336 e. The molecule has 0 saturated heterocycles. The summed E-state index contributed by atoms with van der Waals surface area (Å²) in [5.41, 5.74) is -0.555. The van der Waals surface area contributed by atoms with Crippen molar-refractivity contribution in [2.75, 3.05) is 6.54 Å². The van der Waals surface area contributed by atoms with E-state index in [0.29, 0.717) is 0 Å². The number of nitrogens with one attached hydrogen (secondary N) is 1. The first-order valence-electron chi connectivity index (χ1n) is 5.46. The van der Waals surface area contributed by atoms with Gasteiger partial charge in [-0.3, -0.25) is 4.79 Å². The molecular weight excluding hydrogens is 257 g/mol. The van der Waals surface area contributed by atoms with Crippen molar-refractivity contribution in [2.45, 2.75) is 19.1 Å². The van der Waals surface area contributed by atoms with Crippen LogP contribution in [0, 0.1) is 5.82 Å². The first-order valence-corrected chi connectivity index (χ1v) is 5.46. The van der Waals surface area contributed by atoms with Crippen LogP contribution in [0.3, 0.4) is 0 Å². The van der Waals surface area contributed by atoms with E-state index >= 15 is 0 Å². The molecule has 104 valence electrons. The fraction of sp³-hybridized carbons (Fsp3) is 0.333. The SMILES string of the molecule is CC(=O)NCC(O)C(O)c1cc(F)ccc1C(=O)O. The molecule has 2 unspecified atom stereocenters. The maximum atomic E-state index is 13.1. The van der Waals surface area contributed by atoms with E-state index in [1.807, 2.05) is 0 Å². The summed E-state index contributed by atoms with van der Waals surface area (Å²) < 4.78 is 13.1. The minimum atomic E-state index is -1.62. The van der Waals surface area contributed by atoms with Crippen molar-refractivity contribution in [3.05, 3.63) is 35.1 Å². The third-order valence-electron chi connectivity index (χ3n) is 2.49. The quantitative estimate of drug-likeness (QED) is 0.605. The Kier molecular flexibility index (Phi) is 4.96. The maximum absolute atomic E-state index is 13.1. The molecule has 2 atom stereocenters. The van der Waals surface area contributed by atoms with E-state index in [2.05, 4.69) is 5.32 Å². The normalized spacial score (nSPS) is 13.7. The molecule has 4 N–H and O–H groups in total. The van der Waals surface area contributed by atoms with Gasteiger partial charge in [0.1, 0.15) is 18.0 Å². The summed E-state index contributed by atoms with van der Waals surface area (Å²) in [5, 5.41) is 30.7. The number of rotatable bonds is 5. The molecule has 1 aromatic rings. The summed E-state index contributed by atoms with van der Waals surface area (Å²) in [5.74, 6) is -2.49. The van der Waals surface area contributed by atoms with E-state index in [0.717, 1.165) is 18.2 Å². The summed E-state index contributed by atoms with van der Waals surface area (Å²) >= 11 is 0. The highest BCUT2D eigenvalue weighted by Crippen LogP contribution is 2.22. The molecule has 1 aromatic carbocycles. The van der Waals surface area contributed by atoms with E-state index in [4.69, 9.17) is 5.11 Å². The lowest BCUT2D eigenvalue weighted by atomic mass is 9.98. The molecule has 0 spiro atoms. The number of benzene rings is 1. The van der Waals surface area contributed by atoms with Crippen LogP contribution < -0.4 is 5.32 Å². The van der Waals surface area contributed by atoms with E-state index < -0.39 is 29.9 Å². The third kappa shape index (κ3) is 4.01. The molecule has 0 aromatic heterocycles. The van der Waals surface area contributed by atoms with Crippen LogP contribution in [-0.4, -0.2) is 39.8 Å². The predicted octanol–water partition coefficient (Wildman–Crippen LogP) is 0.0543. The van der Waals surface area contributed by atoms with Crippen LogP contribution in [0.1, 0.15) is 28.9 Å². The lowest BCUT2D eigenvalue weighted by Gasteiger charge is -2.20. The molecule has 0 heterocycles. The Morgan fingerprint density at radius 3 is 2.53 bits per heavy atom. The number of hydrogen-bond donors (Lipinski definition) is 4. The van der Waals surface area contributed by atoms with Gasteiger partial charge in [-0.1, -0.05) is 0 Å². The fourth-order valence-electron chi connectivity index (χ4n) is 1.54. The molecule has 1 amide bonds. The van der Waals surface area contributed by atoms with Gasteiger partial charge in [0, 0.05) is 19.0 Å². The topological polar surface area (TPSA) is 107 Å². The van der Waals surface area contributed by atoms with Gasteiger partial charge in [-0.2, -0.15) is 0 Å². The average molecular weight is 271 g/mol. The van der Waals surface area contributed by atoms with Gasteiger partial charge in [0.25, 0.3) is 0 Å². The number of aliphatic hydroxyl groups excluding tert-OH is 2. The molecule has 7 heteroatoms. The van der Waals surface area contributed by atoms with Crippen LogP contribution in [0.25, 0.3) is 0 Å². The Balaban J connectivity index is 2.97. The van der Waals surface area contributed by atoms with Crippen molar-refractivity contribution in [1.29, 1.82) is 0 Å². The third-order valence-corrected chi connectivity index (χ3v) is 2.49. The van der Waals surface area contributed by atoms with E-state index in [-0.39, 0.29) is 17.7 Å². The zero-order valence-electron chi connectivity index (χ0n) is 10.1. The zero-order chi connectivity index (χ0) is 14.6. The zero-order valence-corrected chi connectivity index (χ0v) is 10.1. The van der Waals surface area contributed by atoms with Gasteiger partial charge in [0.2, 0.25) is 5.91 Å². The van der Waals surface area contributed by atoms with E-state index in [1.54, 1.807) is 0 Å². The summed E-state index contributed by atoms with van der Waals surface area (Å²) in [7, 11) is 0. The predicted molar refractivity (Wildman–Crippen MR) is 63.0 cm³/mol. The number of hydrogen-bond acceptors (Lipinski definition) is 4. The van der Waals surface area contributed by atoms with Gasteiger partial charge in [0.15, 0.2) is 0 Å². The molecule has 19 heavy (non-hydrogen) atoms. The molecule has 0 radical (unpaired) electrons. The van der Waals surface area contributed by atoms with Crippen LogP contribution >= 0.6 is 0 Å². The molecule has 1 rings (SSSR count). The second-order valence-electron chi connectivity index (χ2n) is 3.99. The Morgan fingerprint density at radius 1 is 1.37 bits per heavy atom. The van der Waals surface area contributed by atoms with Gasteiger partial charge >= 0.3 is 5.97 Å². The number of carbonyl (C=O) groups excluding carboxylic acids is 1. The van der Waals surface area contributed by atoms with Crippen molar-refractivity contribution in [2.24, 2.45) is 0 Å². The second kappa shape index (κ2) is 6.26. The molecular formula is C12H14FNO5. The second-order valence-corrected chi connectivity index (χ2v) is 3.99. The minimum Gasteiger partial charge on any atom is -0.478 e. The largest absolute Gasteiger partial charge is 0.478 e. The number of carboxylic acids is 1. The fourth-order valence-corrected chi connectivity index (χ4v) is 1.54. The highest BCUT2D eigenvalue weighted by atomic mass is 19.1. The average Bonchev–Trinajstić information content (AvgIpc) is 2.34. The lowest BCUT2D eigenvalue weighted by Crippen LogP contribution is -2.34. The van der Waals surface area contributed by atoms with Gasteiger partial charge < -0.3 is 20.6 Å². The number of halogens is 1. The van der Waals surface area contributed by atoms with Crippen LogP contribution in [-0.2, 0) is 4.79 Å². The van der Waals surface area contributed by atoms with Crippen LogP contribution in [0.2, 0.25) is 0 Å². The number of carbonyl (C=O) groups is 2. The Hall–Kier alpha value is -1.99. The van der Waals surface area contributed by atoms with Crippen molar-refractivity contribution < 1.29 is 29.3 Å². The lowest BCUT2D eigenvalue weighted by molar-refractivity contribution is -0.119. The van der Waals surface area contributed by atoms with Crippen molar-refractivity contribution in [3.8, 4) is 0 Å². The minimum absolute atomic E-state index is 0.245. The number of aliphatic hydroxyl groups is 2. The van der Waals surface area contributed by atoms with E-state index in [1.165, 1.54) is 6.92 Å². The number of amides is 1. The Morgan fingerprint density at radius 2 is 2.00 bits per heavy atom. The van der Waals surface area contributed by atoms with Gasteiger partial charge in [-0.15, -0.1) is 0 Å². The first kappa shape index (κ1) is 15.1. The molecule has 0 aliphatic rings.